The Morgan fingerprint density at radius 1 is 1.14 bits per heavy atom. The van der Waals surface area contributed by atoms with Gasteiger partial charge in [0.05, 0.1) is 17.4 Å². The van der Waals surface area contributed by atoms with Crippen LogP contribution in [0.25, 0.3) is 10.9 Å². The van der Waals surface area contributed by atoms with Gasteiger partial charge in [0.2, 0.25) is 0 Å². The first-order valence-electron chi connectivity index (χ1n) is 5.98. The summed E-state index contributed by atoms with van der Waals surface area (Å²) < 4.78 is 51.9. The number of rotatable bonds is 2. The van der Waals surface area contributed by atoms with Crippen molar-refractivity contribution in [3.63, 3.8) is 0 Å². The molecule has 0 unspecified atom stereocenters. The van der Waals surface area contributed by atoms with Crippen LogP contribution in [0.15, 0.2) is 30.5 Å². The SMILES string of the molecule is Fc1c(C(F)(F)F)ccc2c(Nc3ccc(Cl)nc3)n[nH]c12. The van der Waals surface area contributed by atoms with Crippen molar-refractivity contribution in [2.75, 3.05) is 5.32 Å². The third-order valence-corrected chi connectivity index (χ3v) is 3.20. The van der Waals surface area contributed by atoms with Gasteiger partial charge in [-0.2, -0.15) is 18.3 Å². The monoisotopic (exact) mass is 330 g/mol. The lowest BCUT2D eigenvalue weighted by molar-refractivity contribution is -0.139. The van der Waals surface area contributed by atoms with Gasteiger partial charge < -0.3 is 5.32 Å². The van der Waals surface area contributed by atoms with Crippen molar-refractivity contribution in [3.05, 3.63) is 47.0 Å². The maximum atomic E-state index is 13.9. The highest BCUT2D eigenvalue weighted by molar-refractivity contribution is 6.29. The predicted octanol–water partition coefficient (Wildman–Crippen LogP) is 4.51. The molecule has 0 radical (unpaired) electrons. The number of nitrogens with zero attached hydrogens (tertiary/aromatic N) is 2. The molecule has 3 aromatic rings. The summed E-state index contributed by atoms with van der Waals surface area (Å²) in [6, 6.07) is 4.96. The van der Waals surface area contributed by atoms with Gasteiger partial charge in [0.25, 0.3) is 0 Å². The molecule has 0 aliphatic carbocycles. The first-order chi connectivity index (χ1) is 10.4. The molecule has 9 heteroatoms. The molecular formula is C13H7ClF4N4. The average molecular weight is 331 g/mol. The number of aromatic amines is 1. The van der Waals surface area contributed by atoms with E-state index in [4.69, 9.17) is 11.6 Å². The number of anilines is 2. The van der Waals surface area contributed by atoms with Crippen LogP contribution in [0.4, 0.5) is 29.1 Å². The molecule has 22 heavy (non-hydrogen) atoms. The van der Waals surface area contributed by atoms with E-state index in [2.05, 4.69) is 20.5 Å². The maximum absolute atomic E-state index is 13.9. The molecular weight excluding hydrogens is 324 g/mol. The van der Waals surface area contributed by atoms with E-state index in [0.29, 0.717) is 16.9 Å². The van der Waals surface area contributed by atoms with E-state index in [9.17, 15) is 17.6 Å². The zero-order valence-corrected chi connectivity index (χ0v) is 11.4. The topological polar surface area (TPSA) is 53.6 Å². The highest BCUT2D eigenvalue weighted by atomic mass is 35.5. The molecule has 0 aliphatic heterocycles. The van der Waals surface area contributed by atoms with Crippen LogP contribution in [0.3, 0.4) is 0 Å². The largest absolute Gasteiger partial charge is 0.419 e. The van der Waals surface area contributed by atoms with E-state index in [0.717, 1.165) is 6.07 Å². The number of alkyl halides is 3. The van der Waals surface area contributed by atoms with Crippen LogP contribution in [0.2, 0.25) is 5.15 Å². The summed E-state index contributed by atoms with van der Waals surface area (Å²) in [5, 5.41) is 9.37. The Hall–Kier alpha value is -2.35. The molecule has 2 heterocycles. The number of hydrogen-bond acceptors (Lipinski definition) is 3. The number of benzene rings is 1. The Bertz CT molecular complexity index is 826. The molecule has 0 saturated carbocycles. The van der Waals surface area contributed by atoms with Crippen molar-refractivity contribution in [2.24, 2.45) is 0 Å². The number of aromatic nitrogens is 3. The van der Waals surface area contributed by atoms with Crippen molar-refractivity contribution >= 4 is 34.0 Å². The number of hydrogen-bond donors (Lipinski definition) is 2. The summed E-state index contributed by atoms with van der Waals surface area (Å²) in [4.78, 5) is 3.85. The molecule has 0 atom stereocenters. The second-order valence-electron chi connectivity index (χ2n) is 4.41. The average Bonchev–Trinajstić information content (AvgIpc) is 2.84. The lowest BCUT2D eigenvalue weighted by Crippen LogP contribution is -2.08. The number of halogens is 5. The van der Waals surface area contributed by atoms with E-state index >= 15 is 0 Å². The normalized spacial score (nSPS) is 11.9. The molecule has 2 N–H and O–H groups in total. The fraction of sp³-hybridized carbons (Fsp3) is 0.0769. The van der Waals surface area contributed by atoms with Gasteiger partial charge >= 0.3 is 6.18 Å². The molecule has 2 aromatic heterocycles. The van der Waals surface area contributed by atoms with Crippen LogP contribution in [0, 0.1) is 5.82 Å². The maximum Gasteiger partial charge on any atom is 0.419 e. The van der Waals surface area contributed by atoms with Crippen molar-refractivity contribution < 1.29 is 17.6 Å². The standard InChI is InChI=1S/C13H7ClF4N4/c14-9-4-1-6(5-19-9)20-12-7-2-3-8(13(16,17)18)10(15)11(7)21-22-12/h1-5H,(H2,20,21,22). The predicted molar refractivity (Wildman–Crippen MR) is 73.6 cm³/mol. The lowest BCUT2D eigenvalue weighted by Gasteiger charge is -2.08. The third kappa shape index (κ3) is 2.57. The second kappa shape index (κ2) is 5.13. The third-order valence-electron chi connectivity index (χ3n) is 2.97. The molecule has 0 saturated heterocycles. The fourth-order valence-corrected chi connectivity index (χ4v) is 2.07. The van der Waals surface area contributed by atoms with Crippen LogP contribution in [0.1, 0.15) is 5.56 Å². The smallest absolute Gasteiger partial charge is 0.337 e. The molecule has 0 spiro atoms. The molecule has 114 valence electrons. The van der Waals surface area contributed by atoms with Crippen molar-refractivity contribution in [1.29, 1.82) is 0 Å². The quantitative estimate of drug-likeness (QED) is 0.537. The second-order valence-corrected chi connectivity index (χ2v) is 4.80. The highest BCUT2D eigenvalue weighted by Crippen LogP contribution is 2.35. The minimum Gasteiger partial charge on any atom is -0.337 e. The number of fused-ring (bicyclic) bond motifs is 1. The summed E-state index contributed by atoms with van der Waals surface area (Å²) in [5.41, 5.74) is -1.15. The minimum atomic E-state index is -4.77. The first kappa shape index (κ1) is 14.6. The van der Waals surface area contributed by atoms with Crippen LogP contribution in [-0.2, 0) is 6.18 Å². The zero-order chi connectivity index (χ0) is 15.9. The van der Waals surface area contributed by atoms with E-state index in [1.54, 1.807) is 6.07 Å². The van der Waals surface area contributed by atoms with Gasteiger partial charge in [-0.05, 0) is 24.3 Å². The highest BCUT2D eigenvalue weighted by Gasteiger charge is 2.35. The molecule has 4 nitrogen and oxygen atoms in total. The summed E-state index contributed by atoms with van der Waals surface area (Å²) in [6.07, 6.45) is -3.35. The van der Waals surface area contributed by atoms with Gasteiger partial charge in [-0.1, -0.05) is 11.6 Å². The Labute approximate surface area is 126 Å². The Kier molecular flexibility index (Phi) is 3.40. The lowest BCUT2D eigenvalue weighted by atomic mass is 10.1. The Morgan fingerprint density at radius 3 is 2.55 bits per heavy atom. The number of H-pyrrole nitrogens is 1. The van der Waals surface area contributed by atoms with Gasteiger partial charge in [0, 0.05) is 5.39 Å². The molecule has 0 fully saturated rings. The summed E-state index contributed by atoms with van der Waals surface area (Å²) in [6.45, 7) is 0. The van der Waals surface area contributed by atoms with E-state index in [-0.39, 0.29) is 16.7 Å². The summed E-state index contributed by atoms with van der Waals surface area (Å²) >= 11 is 5.65. The summed E-state index contributed by atoms with van der Waals surface area (Å²) in [7, 11) is 0. The number of pyridine rings is 1. The molecule has 1 aromatic carbocycles. The fourth-order valence-electron chi connectivity index (χ4n) is 1.96. The summed E-state index contributed by atoms with van der Waals surface area (Å²) in [5.74, 6) is -1.20. The Balaban J connectivity index is 2.02. The van der Waals surface area contributed by atoms with Gasteiger partial charge in [-0.25, -0.2) is 9.37 Å². The van der Waals surface area contributed by atoms with Gasteiger partial charge in [-0.15, -0.1) is 0 Å². The molecule has 3 rings (SSSR count). The zero-order valence-electron chi connectivity index (χ0n) is 10.7. The first-order valence-corrected chi connectivity index (χ1v) is 6.36. The van der Waals surface area contributed by atoms with Gasteiger partial charge in [0.1, 0.15) is 10.7 Å². The van der Waals surface area contributed by atoms with Gasteiger partial charge in [0.15, 0.2) is 11.6 Å². The van der Waals surface area contributed by atoms with Gasteiger partial charge in [-0.3, -0.25) is 5.10 Å². The van der Waals surface area contributed by atoms with Crippen molar-refractivity contribution in [3.8, 4) is 0 Å². The van der Waals surface area contributed by atoms with Crippen LogP contribution < -0.4 is 5.32 Å². The van der Waals surface area contributed by atoms with Crippen LogP contribution in [-0.4, -0.2) is 15.2 Å². The molecule has 0 aliphatic rings. The Morgan fingerprint density at radius 2 is 1.91 bits per heavy atom. The molecule has 0 amide bonds. The van der Waals surface area contributed by atoms with E-state index < -0.39 is 17.6 Å². The van der Waals surface area contributed by atoms with Crippen molar-refractivity contribution in [2.45, 2.75) is 6.18 Å². The van der Waals surface area contributed by atoms with Crippen LogP contribution >= 0.6 is 11.6 Å². The van der Waals surface area contributed by atoms with Crippen molar-refractivity contribution in [1.82, 2.24) is 15.2 Å². The minimum absolute atomic E-state index is 0.187. The van der Waals surface area contributed by atoms with Crippen LogP contribution in [0.5, 0.6) is 0 Å². The van der Waals surface area contributed by atoms with E-state index in [1.165, 1.54) is 12.3 Å². The molecule has 0 bridgehead atoms. The van der Waals surface area contributed by atoms with E-state index in [1.807, 2.05) is 0 Å². The number of nitrogens with one attached hydrogen (secondary N) is 2.